The molecule has 0 radical (unpaired) electrons. The summed E-state index contributed by atoms with van der Waals surface area (Å²) in [5.74, 6) is 0.602. The van der Waals surface area contributed by atoms with Gasteiger partial charge in [-0.15, -0.1) is 0 Å². The Morgan fingerprint density at radius 3 is 2.36 bits per heavy atom. The van der Waals surface area contributed by atoms with Gasteiger partial charge in [0.05, 0.1) is 36.6 Å². The SMILES string of the molecule is CCN(CC)c1ccc(S(=O)(=O)N2CCOCC2)cc1NC(=O)CCc1ccc(OC)cc1. The molecule has 1 aliphatic rings. The number of benzene rings is 2. The zero-order valence-corrected chi connectivity index (χ0v) is 20.4. The highest BCUT2D eigenvalue weighted by molar-refractivity contribution is 7.89. The number of aryl methyl sites for hydroxylation is 1. The van der Waals surface area contributed by atoms with E-state index in [1.54, 1.807) is 25.3 Å². The molecular weight excluding hydrogens is 442 g/mol. The summed E-state index contributed by atoms with van der Waals surface area (Å²) in [4.78, 5) is 15.1. The van der Waals surface area contributed by atoms with Crippen LogP contribution in [0.2, 0.25) is 0 Å². The van der Waals surface area contributed by atoms with Crippen molar-refractivity contribution < 1.29 is 22.7 Å². The van der Waals surface area contributed by atoms with Crippen molar-refractivity contribution in [3.05, 3.63) is 48.0 Å². The standard InChI is InChI=1S/C24H33N3O5S/c1-4-26(5-2)23-12-11-21(33(29,30)27-14-16-32-17-15-27)18-22(23)25-24(28)13-8-19-6-9-20(31-3)10-7-19/h6-7,9-12,18H,4-5,8,13-17H2,1-3H3,(H,25,28). The molecule has 2 aromatic rings. The van der Waals surface area contributed by atoms with E-state index in [0.29, 0.717) is 38.4 Å². The number of nitrogens with zero attached hydrogens (tertiary/aromatic N) is 2. The maximum Gasteiger partial charge on any atom is 0.243 e. The number of amides is 1. The third-order valence-electron chi connectivity index (χ3n) is 5.75. The topological polar surface area (TPSA) is 88.2 Å². The van der Waals surface area contributed by atoms with E-state index in [2.05, 4.69) is 10.2 Å². The molecule has 0 atom stereocenters. The molecule has 0 unspecified atom stereocenters. The second-order valence-corrected chi connectivity index (χ2v) is 9.70. The number of rotatable bonds is 10. The minimum Gasteiger partial charge on any atom is -0.497 e. The van der Waals surface area contributed by atoms with E-state index in [0.717, 1.165) is 30.1 Å². The number of carbonyl (C=O) groups excluding carboxylic acids is 1. The lowest BCUT2D eigenvalue weighted by Crippen LogP contribution is -2.40. The first-order valence-electron chi connectivity index (χ1n) is 11.3. The second-order valence-electron chi connectivity index (χ2n) is 7.76. The molecule has 3 rings (SSSR count). The van der Waals surface area contributed by atoms with Gasteiger partial charge in [-0.25, -0.2) is 8.42 Å². The number of methoxy groups -OCH3 is 1. The Bertz CT molecular complexity index is 1030. The molecule has 0 aromatic heterocycles. The molecule has 9 heteroatoms. The average molecular weight is 476 g/mol. The molecule has 8 nitrogen and oxygen atoms in total. The molecule has 1 heterocycles. The Hall–Kier alpha value is -2.62. The van der Waals surface area contributed by atoms with Crippen LogP contribution >= 0.6 is 0 Å². The van der Waals surface area contributed by atoms with Crippen molar-refractivity contribution >= 4 is 27.3 Å². The highest BCUT2D eigenvalue weighted by Gasteiger charge is 2.27. The van der Waals surface area contributed by atoms with Gasteiger partial charge in [0.1, 0.15) is 5.75 Å². The van der Waals surface area contributed by atoms with Crippen molar-refractivity contribution in [1.29, 1.82) is 0 Å². The lowest BCUT2D eigenvalue weighted by Gasteiger charge is -2.28. The lowest BCUT2D eigenvalue weighted by atomic mass is 10.1. The van der Waals surface area contributed by atoms with E-state index < -0.39 is 10.0 Å². The van der Waals surface area contributed by atoms with Crippen molar-refractivity contribution in [3.8, 4) is 5.75 Å². The molecule has 1 fully saturated rings. The summed E-state index contributed by atoms with van der Waals surface area (Å²) in [6.45, 7) is 6.93. The zero-order chi connectivity index (χ0) is 23.8. The van der Waals surface area contributed by atoms with Crippen molar-refractivity contribution in [3.63, 3.8) is 0 Å². The number of ether oxygens (including phenoxy) is 2. The minimum absolute atomic E-state index is 0.167. The van der Waals surface area contributed by atoms with Crippen molar-refractivity contribution in [2.45, 2.75) is 31.6 Å². The number of carbonyl (C=O) groups is 1. The first-order valence-corrected chi connectivity index (χ1v) is 12.7. The number of morpholine rings is 1. The van der Waals surface area contributed by atoms with Gasteiger partial charge in [-0.3, -0.25) is 4.79 Å². The molecule has 1 amide bonds. The second kappa shape index (κ2) is 11.5. The summed E-state index contributed by atoms with van der Waals surface area (Å²) in [6, 6.07) is 12.6. The minimum atomic E-state index is -3.67. The Morgan fingerprint density at radius 1 is 1.09 bits per heavy atom. The molecule has 0 spiro atoms. The van der Waals surface area contributed by atoms with Gasteiger partial charge in [-0.1, -0.05) is 12.1 Å². The van der Waals surface area contributed by atoms with E-state index in [1.165, 1.54) is 4.31 Å². The number of sulfonamides is 1. The summed E-state index contributed by atoms with van der Waals surface area (Å²) in [5, 5.41) is 2.95. The van der Waals surface area contributed by atoms with Crippen LogP contribution in [0.5, 0.6) is 5.75 Å². The number of hydrogen-bond acceptors (Lipinski definition) is 6. The van der Waals surface area contributed by atoms with Crippen molar-refractivity contribution in [2.75, 3.05) is 56.7 Å². The van der Waals surface area contributed by atoms with Crippen LogP contribution in [0.25, 0.3) is 0 Å². The monoisotopic (exact) mass is 475 g/mol. The molecule has 0 bridgehead atoms. The third-order valence-corrected chi connectivity index (χ3v) is 7.65. The molecule has 180 valence electrons. The van der Waals surface area contributed by atoms with E-state index in [-0.39, 0.29) is 17.2 Å². The van der Waals surface area contributed by atoms with Crippen LogP contribution in [-0.4, -0.2) is 65.1 Å². The van der Waals surface area contributed by atoms with Crippen LogP contribution < -0.4 is 15.0 Å². The summed E-state index contributed by atoms with van der Waals surface area (Å²) in [5.41, 5.74) is 2.34. The van der Waals surface area contributed by atoms with Crippen LogP contribution in [0.3, 0.4) is 0 Å². The normalized spacial score (nSPS) is 14.6. The fourth-order valence-electron chi connectivity index (χ4n) is 3.81. The molecule has 1 aliphatic heterocycles. The average Bonchev–Trinajstić information content (AvgIpc) is 2.85. The molecule has 1 saturated heterocycles. The van der Waals surface area contributed by atoms with Gasteiger partial charge in [0, 0.05) is 32.6 Å². The van der Waals surface area contributed by atoms with Crippen molar-refractivity contribution in [2.24, 2.45) is 0 Å². The molecular formula is C24H33N3O5S. The fraction of sp³-hybridized carbons (Fsp3) is 0.458. The van der Waals surface area contributed by atoms with Gasteiger partial charge in [0.2, 0.25) is 15.9 Å². The molecule has 33 heavy (non-hydrogen) atoms. The third kappa shape index (κ3) is 6.25. The molecule has 1 N–H and O–H groups in total. The number of nitrogens with one attached hydrogen (secondary N) is 1. The largest absolute Gasteiger partial charge is 0.497 e. The maximum absolute atomic E-state index is 13.1. The van der Waals surface area contributed by atoms with Crippen molar-refractivity contribution in [1.82, 2.24) is 4.31 Å². The first kappa shape index (κ1) is 25.0. The van der Waals surface area contributed by atoms with Gasteiger partial charge in [-0.2, -0.15) is 4.31 Å². The molecule has 2 aromatic carbocycles. The van der Waals surface area contributed by atoms with Crippen LogP contribution in [0, 0.1) is 0 Å². The Kier molecular flexibility index (Phi) is 8.71. The lowest BCUT2D eigenvalue weighted by molar-refractivity contribution is -0.116. The van der Waals surface area contributed by atoms with Crippen LogP contribution in [0.4, 0.5) is 11.4 Å². The van der Waals surface area contributed by atoms with Crippen LogP contribution in [-0.2, 0) is 26.0 Å². The Balaban J connectivity index is 1.80. The maximum atomic E-state index is 13.1. The zero-order valence-electron chi connectivity index (χ0n) is 19.5. The highest BCUT2D eigenvalue weighted by atomic mass is 32.2. The fourth-order valence-corrected chi connectivity index (χ4v) is 5.25. The van der Waals surface area contributed by atoms with E-state index >= 15 is 0 Å². The van der Waals surface area contributed by atoms with Crippen LogP contribution in [0.1, 0.15) is 25.8 Å². The van der Waals surface area contributed by atoms with Gasteiger partial charge in [0.25, 0.3) is 0 Å². The summed E-state index contributed by atoms with van der Waals surface area (Å²) in [7, 11) is -2.05. The Morgan fingerprint density at radius 2 is 1.76 bits per heavy atom. The first-order chi connectivity index (χ1) is 15.9. The molecule has 0 saturated carbocycles. The predicted molar refractivity (Wildman–Crippen MR) is 130 cm³/mol. The predicted octanol–water partition coefficient (Wildman–Crippen LogP) is 3.13. The van der Waals surface area contributed by atoms with Gasteiger partial charge >= 0.3 is 0 Å². The van der Waals surface area contributed by atoms with Crippen LogP contribution in [0.15, 0.2) is 47.4 Å². The molecule has 0 aliphatic carbocycles. The number of hydrogen-bond donors (Lipinski definition) is 1. The quantitative estimate of drug-likeness (QED) is 0.568. The van der Waals surface area contributed by atoms with Gasteiger partial charge < -0.3 is 19.7 Å². The van der Waals surface area contributed by atoms with Gasteiger partial charge in [0.15, 0.2) is 0 Å². The summed E-state index contributed by atoms with van der Waals surface area (Å²) >= 11 is 0. The van der Waals surface area contributed by atoms with E-state index in [9.17, 15) is 13.2 Å². The number of anilines is 2. The smallest absolute Gasteiger partial charge is 0.243 e. The van der Waals surface area contributed by atoms with Gasteiger partial charge in [-0.05, 0) is 56.2 Å². The highest BCUT2D eigenvalue weighted by Crippen LogP contribution is 2.31. The Labute approximate surface area is 196 Å². The summed E-state index contributed by atoms with van der Waals surface area (Å²) in [6.07, 6.45) is 0.854. The van der Waals surface area contributed by atoms with E-state index in [4.69, 9.17) is 9.47 Å². The summed E-state index contributed by atoms with van der Waals surface area (Å²) < 4.78 is 38.2. The van der Waals surface area contributed by atoms with E-state index in [1.807, 2.05) is 38.1 Å².